The Morgan fingerprint density at radius 3 is 2.50 bits per heavy atom. The fourth-order valence-electron chi connectivity index (χ4n) is 1.25. The van der Waals surface area contributed by atoms with Gasteiger partial charge in [0.25, 0.3) is 0 Å². The predicted octanol–water partition coefficient (Wildman–Crippen LogP) is -0.885. The number of rotatable bonds is 3. The standard InChI is InChI=1S/C9H18N2O3/c1-8(12)9(13)14-7-11-5-3-10(2)4-6-11/h8,12H,3-7H2,1-2H3/t8-/m0/s1. The first kappa shape index (κ1) is 11.4. The van der Waals surface area contributed by atoms with Crippen molar-refractivity contribution in [2.45, 2.75) is 13.0 Å². The molecule has 0 aromatic rings. The van der Waals surface area contributed by atoms with E-state index in [-0.39, 0.29) is 6.73 Å². The molecular weight excluding hydrogens is 184 g/mol. The van der Waals surface area contributed by atoms with Gasteiger partial charge in [-0.15, -0.1) is 0 Å². The van der Waals surface area contributed by atoms with E-state index in [2.05, 4.69) is 16.8 Å². The van der Waals surface area contributed by atoms with Crippen LogP contribution in [0.3, 0.4) is 0 Å². The summed E-state index contributed by atoms with van der Waals surface area (Å²) in [4.78, 5) is 15.2. The Hall–Kier alpha value is -0.650. The Labute approximate surface area is 84.2 Å². The van der Waals surface area contributed by atoms with Gasteiger partial charge in [0.1, 0.15) is 12.8 Å². The highest BCUT2D eigenvalue weighted by atomic mass is 16.6. The molecule has 1 heterocycles. The van der Waals surface area contributed by atoms with Gasteiger partial charge in [0.05, 0.1) is 0 Å². The number of ether oxygens (including phenoxy) is 1. The van der Waals surface area contributed by atoms with Crippen molar-refractivity contribution in [1.29, 1.82) is 0 Å². The molecule has 82 valence electrons. The molecule has 0 aliphatic carbocycles. The molecule has 0 aromatic heterocycles. The third kappa shape index (κ3) is 3.61. The third-order valence-electron chi connectivity index (χ3n) is 2.33. The van der Waals surface area contributed by atoms with Gasteiger partial charge in [-0.2, -0.15) is 0 Å². The lowest BCUT2D eigenvalue weighted by atomic mass is 10.3. The van der Waals surface area contributed by atoms with Crippen molar-refractivity contribution in [3.63, 3.8) is 0 Å². The van der Waals surface area contributed by atoms with Crippen LogP contribution in [0.4, 0.5) is 0 Å². The zero-order valence-corrected chi connectivity index (χ0v) is 8.77. The average molecular weight is 202 g/mol. The maximum Gasteiger partial charge on any atom is 0.335 e. The predicted molar refractivity (Wildman–Crippen MR) is 51.7 cm³/mol. The van der Waals surface area contributed by atoms with E-state index < -0.39 is 12.1 Å². The van der Waals surface area contributed by atoms with Crippen LogP contribution in [0.5, 0.6) is 0 Å². The van der Waals surface area contributed by atoms with E-state index >= 15 is 0 Å². The molecule has 1 rings (SSSR count). The minimum atomic E-state index is -1.03. The number of aliphatic hydroxyl groups excluding tert-OH is 1. The number of esters is 1. The largest absolute Gasteiger partial charge is 0.448 e. The molecule has 5 heteroatoms. The van der Waals surface area contributed by atoms with Gasteiger partial charge in [-0.25, -0.2) is 4.79 Å². The lowest BCUT2D eigenvalue weighted by Crippen LogP contribution is -2.45. The first-order valence-electron chi connectivity index (χ1n) is 4.85. The molecule has 0 amide bonds. The van der Waals surface area contributed by atoms with Crippen LogP contribution < -0.4 is 0 Å². The summed E-state index contributed by atoms with van der Waals surface area (Å²) in [7, 11) is 2.07. The summed E-state index contributed by atoms with van der Waals surface area (Å²) in [6.07, 6.45) is -1.03. The van der Waals surface area contributed by atoms with Crippen LogP contribution in [-0.2, 0) is 9.53 Å². The number of nitrogens with zero attached hydrogens (tertiary/aromatic N) is 2. The zero-order valence-electron chi connectivity index (χ0n) is 8.77. The number of carbonyl (C=O) groups excluding carboxylic acids is 1. The highest BCUT2D eigenvalue weighted by Crippen LogP contribution is 1.99. The smallest absolute Gasteiger partial charge is 0.335 e. The summed E-state index contributed by atoms with van der Waals surface area (Å²) in [6.45, 7) is 5.50. The third-order valence-corrected chi connectivity index (χ3v) is 2.33. The van der Waals surface area contributed by atoms with E-state index in [0.717, 1.165) is 26.2 Å². The van der Waals surface area contributed by atoms with Crippen molar-refractivity contribution in [3.8, 4) is 0 Å². The Balaban J connectivity index is 2.16. The van der Waals surface area contributed by atoms with Gasteiger partial charge in [0.15, 0.2) is 0 Å². The van der Waals surface area contributed by atoms with Crippen molar-refractivity contribution in [2.24, 2.45) is 0 Å². The molecule has 1 N–H and O–H groups in total. The fourth-order valence-corrected chi connectivity index (χ4v) is 1.25. The summed E-state index contributed by atoms with van der Waals surface area (Å²) in [5.41, 5.74) is 0. The SMILES string of the molecule is C[C@H](O)C(=O)OCN1CCN(C)CC1. The number of carbonyl (C=O) groups is 1. The highest BCUT2D eigenvalue weighted by Gasteiger charge is 2.16. The molecule has 1 aliphatic heterocycles. The Kier molecular flexibility index (Phi) is 4.31. The van der Waals surface area contributed by atoms with E-state index in [0.29, 0.717) is 0 Å². The highest BCUT2D eigenvalue weighted by molar-refractivity contribution is 5.73. The van der Waals surface area contributed by atoms with Crippen LogP contribution in [-0.4, -0.2) is 66.9 Å². The summed E-state index contributed by atoms with van der Waals surface area (Å²) in [5.74, 6) is -0.552. The van der Waals surface area contributed by atoms with Crippen molar-refractivity contribution in [1.82, 2.24) is 9.80 Å². The molecule has 0 unspecified atom stereocenters. The second-order valence-electron chi connectivity index (χ2n) is 3.69. The zero-order chi connectivity index (χ0) is 10.6. The van der Waals surface area contributed by atoms with E-state index in [4.69, 9.17) is 9.84 Å². The van der Waals surface area contributed by atoms with Crippen LogP contribution in [0, 0.1) is 0 Å². The van der Waals surface area contributed by atoms with Crippen LogP contribution in [0.2, 0.25) is 0 Å². The monoisotopic (exact) mass is 202 g/mol. The first-order valence-corrected chi connectivity index (χ1v) is 4.85. The normalized spacial score (nSPS) is 21.9. The number of likely N-dealkylation sites (N-methyl/N-ethyl adjacent to an activating group) is 1. The molecule has 0 saturated carbocycles. The molecule has 1 saturated heterocycles. The minimum absolute atomic E-state index is 0.289. The minimum Gasteiger partial charge on any atom is -0.448 e. The average Bonchev–Trinajstić information content (AvgIpc) is 2.16. The van der Waals surface area contributed by atoms with Crippen molar-refractivity contribution in [3.05, 3.63) is 0 Å². The van der Waals surface area contributed by atoms with Gasteiger partial charge in [-0.3, -0.25) is 4.90 Å². The van der Waals surface area contributed by atoms with E-state index in [1.807, 2.05) is 0 Å². The number of hydrogen-bond acceptors (Lipinski definition) is 5. The maximum atomic E-state index is 10.9. The number of aliphatic hydroxyl groups is 1. The van der Waals surface area contributed by atoms with E-state index in [1.54, 1.807) is 0 Å². The molecular formula is C9H18N2O3. The maximum absolute atomic E-state index is 10.9. The van der Waals surface area contributed by atoms with Crippen LogP contribution in [0.25, 0.3) is 0 Å². The van der Waals surface area contributed by atoms with Crippen molar-refractivity contribution < 1.29 is 14.6 Å². The summed E-state index contributed by atoms with van der Waals surface area (Å²) < 4.78 is 4.90. The lowest BCUT2D eigenvalue weighted by Gasteiger charge is -2.31. The first-order chi connectivity index (χ1) is 6.59. The Bertz CT molecular complexity index is 188. The van der Waals surface area contributed by atoms with Gasteiger partial charge < -0.3 is 14.7 Å². The molecule has 1 atom stereocenters. The molecule has 0 bridgehead atoms. The molecule has 0 aromatic carbocycles. The van der Waals surface area contributed by atoms with E-state index in [1.165, 1.54) is 6.92 Å². The molecule has 0 spiro atoms. The summed E-state index contributed by atoms with van der Waals surface area (Å²) in [5, 5.41) is 8.89. The van der Waals surface area contributed by atoms with Gasteiger partial charge >= 0.3 is 5.97 Å². The second kappa shape index (κ2) is 5.29. The van der Waals surface area contributed by atoms with Crippen LogP contribution in [0.15, 0.2) is 0 Å². The quantitative estimate of drug-likeness (QED) is 0.602. The van der Waals surface area contributed by atoms with Gasteiger partial charge in [0.2, 0.25) is 0 Å². The summed E-state index contributed by atoms with van der Waals surface area (Å²) in [6, 6.07) is 0. The van der Waals surface area contributed by atoms with Crippen LogP contribution in [0.1, 0.15) is 6.92 Å². The molecule has 5 nitrogen and oxygen atoms in total. The molecule has 14 heavy (non-hydrogen) atoms. The molecule has 0 radical (unpaired) electrons. The van der Waals surface area contributed by atoms with Gasteiger partial charge in [0, 0.05) is 26.2 Å². The topological polar surface area (TPSA) is 53.0 Å². The van der Waals surface area contributed by atoms with Gasteiger partial charge in [-0.1, -0.05) is 0 Å². The second-order valence-corrected chi connectivity index (χ2v) is 3.69. The lowest BCUT2D eigenvalue weighted by molar-refractivity contribution is -0.158. The number of piperazine rings is 1. The van der Waals surface area contributed by atoms with Crippen molar-refractivity contribution >= 4 is 5.97 Å². The fraction of sp³-hybridized carbons (Fsp3) is 0.889. The van der Waals surface area contributed by atoms with E-state index in [9.17, 15) is 4.79 Å². The Morgan fingerprint density at radius 1 is 1.43 bits per heavy atom. The number of hydrogen-bond donors (Lipinski definition) is 1. The van der Waals surface area contributed by atoms with Crippen molar-refractivity contribution in [2.75, 3.05) is 40.0 Å². The van der Waals surface area contributed by atoms with Crippen LogP contribution >= 0.6 is 0 Å². The summed E-state index contributed by atoms with van der Waals surface area (Å²) >= 11 is 0. The van der Waals surface area contributed by atoms with Gasteiger partial charge in [-0.05, 0) is 14.0 Å². The molecule has 1 aliphatic rings. The Morgan fingerprint density at radius 2 is 2.00 bits per heavy atom. The molecule has 1 fully saturated rings.